The molecule has 0 saturated carbocycles. The standard InChI is InChI=1S/C21H18ClFN2O3S/c22-20-4-2-1-3-17(20)14-24-21(26)16-7-5-15(6-8-16)13-25-29(27,28)19-11-9-18(23)10-12-19/h1-12,25H,13-14H2,(H,24,26). The molecule has 3 aromatic carbocycles. The van der Waals surface area contributed by atoms with Crippen molar-refractivity contribution >= 4 is 27.5 Å². The smallest absolute Gasteiger partial charge is 0.251 e. The summed E-state index contributed by atoms with van der Waals surface area (Å²) in [4.78, 5) is 12.3. The van der Waals surface area contributed by atoms with Gasteiger partial charge in [-0.3, -0.25) is 4.79 Å². The van der Waals surface area contributed by atoms with Crippen molar-refractivity contribution in [3.8, 4) is 0 Å². The minimum Gasteiger partial charge on any atom is -0.348 e. The predicted octanol–water partition coefficient (Wildman–Crippen LogP) is 3.89. The third-order valence-corrected chi connectivity index (χ3v) is 5.99. The summed E-state index contributed by atoms with van der Waals surface area (Å²) >= 11 is 6.07. The zero-order chi connectivity index (χ0) is 20.9. The third kappa shape index (κ3) is 5.63. The SMILES string of the molecule is O=C(NCc1ccccc1Cl)c1ccc(CNS(=O)(=O)c2ccc(F)cc2)cc1. The monoisotopic (exact) mass is 432 g/mol. The Labute approximate surface area is 173 Å². The second-order valence-electron chi connectivity index (χ2n) is 6.25. The Hall–Kier alpha value is -2.74. The van der Waals surface area contributed by atoms with Gasteiger partial charge >= 0.3 is 0 Å². The Bertz CT molecular complexity index is 1100. The van der Waals surface area contributed by atoms with Crippen LogP contribution in [0.1, 0.15) is 21.5 Å². The summed E-state index contributed by atoms with van der Waals surface area (Å²) in [5.74, 6) is -0.768. The number of rotatable bonds is 7. The van der Waals surface area contributed by atoms with Gasteiger partial charge in [0.2, 0.25) is 10.0 Å². The lowest BCUT2D eigenvalue weighted by atomic mass is 10.1. The molecule has 1 amide bonds. The molecule has 29 heavy (non-hydrogen) atoms. The molecule has 2 N–H and O–H groups in total. The van der Waals surface area contributed by atoms with Crippen LogP contribution >= 0.6 is 11.6 Å². The minimum absolute atomic E-state index is 0.0190. The van der Waals surface area contributed by atoms with Gasteiger partial charge in [-0.25, -0.2) is 17.5 Å². The molecule has 0 aliphatic heterocycles. The maximum atomic E-state index is 12.9. The van der Waals surface area contributed by atoms with Gasteiger partial charge in [-0.15, -0.1) is 0 Å². The Kier molecular flexibility index (Phi) is 6.64. The Morgan fingerprint density at radius 1 is 0.897 bits per heavy atom. The highest BCUT2D eigenvalue weighted by molar-refractivity contribution is 7.89. The van der Waals surface area contributed by atoms with Crippen LogP contribution in [0, 0.1) is 5.82 Å². The molecule has 0 aliphatic carbocycles. The topological polar surface area (TPSA) is 75.3 Å². The third-order valence-electron chi connectivity index (χ3n) is 4.20. The van der Waals surface area contributed by atoms with E-state index in [4.69, 9.17) is 11.6 Å². The largest absolute Gasteiger partial charge is 0.348 e. The highest BCUT2D eigenvalue weighted by Gasteiger charge is 2.14. The lowest BCUT2D eigenvalue weighted by molar-refractivity contribution is 0.0951. The van der Waals surface area contributed by atoms with Gasteiger partial charge in [0, 0.05) is 23.7 Å². The van der Waals surface area contributed by atoms with Crippen LogP contribution in [-0.2, 0) is 23.1 Å². The molecule has 0 fully saturated rings. The Balaban J connectivity index is 1.57. The van der Waals surface area contributed by atoms with Gasteiger partial charge in [-0.2, -0.15) is 0 Å². The normalized spacial score (nSPS) is 11.2. The minimum atomic E-state index is -3.75. The second-order valence-corrected chi connectivity index (χ2v) is 8.42. The first kappa shape index (κ1) is 21.0. The Morgan fingerprint density at radius 2 is 1.55 bits per heavy atom. The molecule has 0 radical (unpaired) electrons. The van der Waals surface area contributed by atoms with E-state index in [0.29, 0.717) is 22.7 Å². The molecule has 0 aromatic heterocycles. The summed E-state index contributed by atoms with van der Waals surface area (Å²) in [7, 11) is -3.75. The fourth-order valence-electron chi connectivity index (χ4n) is 2.57. The number of nitrogens with one attached hydrogen (secondary N) is 2. The molecule has 150 valence electrons. The van der Waals surface area contributed by atoms with Gasteiger partial charge in [-0.1, -0.05) is 41.9 Å². The zero-order valence-corrected chi connectivity index (χ0v) is 16.8. The lowest BCUT2D eigenvalue weighted by Crippen LogP contribution is -2.24. The van der Waals surface area contributed by atoms with Crippen molar-refractivity contribution in [2.24, 2.45) is 0 Å². The maximum absolute atomic E-state index is 12.9. The van der Waals surface area contributed by atoms with Crippen molar-refractivity contribution in [2.45, 2.75) is 18.0 Å². The van der Waals surface area contributed by atoms with Crippen molar-refractivity contribution in [1.82, 2.24) is 10.0 Å². The molecule has 0 aliphatic rings. The molecule has 3 rings (SSSR count). The van der Waals surface area contributed by atoms with E-state index in [9.17, 15) is 17.6 Å². The first-order valence-electron chi connectivity index (χ1n) is 8.71. The van der Waals surface area contributed by atoms with E-state index >= 15 is 0 Å². The van der Waals surface area contributed by atoms with E-state index in [2.05, 4.69) is 10.0 Å². The fraction of sp³-hybridized carbons (Fsp3) is 0.0952. The average Bonchev–Trinajstić information content (AvgIpc) is 2.72. The molecule has 8 heteroatoms. The number of carbonyl (C=O) groups is 1. The van der Waals surface area contributed by atoms with Crippen LogP contribution in [0.3, 0.4) is 0 Å². The fourth-order valence-corrected chi connectivity index (χ4v) is 3.79. The summed E-state index contributed by atoms with van der Waals surface area (Å²) < 4.78 is 39.9. The summed E-state index contributed by atoms with van der Waals surface area (Å²) in [5.41, 5.74) is 1.94. The van der Waals surface area contributed by atoms with Crippen LogP contribution < -0.4 is 10.0 Å². The molecule has 0 bridgehead atoms. The number of hydrogen-bond donors (Lipinski definition) is 2. The number of amides is 1. The first-order chi connectivity index (χ1) is 13.8. The zero-order valence-electron chi connectivity index (χ0n) is 15.2. The number of benzene rings is 3. The van der Waals surface area contributed by atoms with Crippen LogP contribution in [0.2, 0.25) is 5.02 Å². The first-order valence-corrected chi connectivity index (χ1v) is 10.6. The van der Waals surface area contributed by atoms with Gasteiger partial charge in [0.1, 0.15) is 5.82 Å². The highest BCUT2D eigenvalue weighted by atomic mass is 35.5. The van der Waals surface area contributed by atoms with E-state index in [1.165, 1.54) is 12.1 Å². The van der Waals surface area contributed by atoms with Crippen molar-refractivity contribution in [2.75, 3.05) is 0 Å². The maximum Gasteiger partial charge on any atom is 0.251 e. The van der Waals surface area contributed by atoms with Crippen molar-refractivity contribution in [3.63, 3.8) is 0 Å². The Morgan fingerprint density at radius 3 is 2.21 bits per heavy atom. The highest BCUT2D eigenvalue weighted by Crippen LogP contribution is 2.15. The molecule has 0 spiro atoms. The van der Waals surface area contributed by atoms with Gasteiger partial charge < -0.3 is 5.32 Å². The van der Waals surface area contributed by atoms with E-state index < -0.39 is 15.8 Å². The summed E-state index contributed by atoms with van der Waals surface area (Å²) in [6.45, 7) is 0.346. The molecule has 0 saturated heterocycles. The molecular weight excluding hydrogens is 415 g/mol. The molecular formula is C21H18ClFN2O3S. The number of halogens is 2. The summed E-state index contributed by atoms with van der Waals surface area (Å²) in [6, 6.07) is 18.4. The van der Waals surface area contributed by atoms with E-state index in [0.717, 1.165) is 17.7 Å². The van der Waals surface area contributed by atoms with E-state index in [1.54, 1.807) is 30.3 Å². The molecule has 3 aromatic rings. The van der Waals surface area contributed by atoms with Gasteiger partial charge in [0.05, 0.1) is 4.90 Å². The van der Waals surface area contributed by atoms with Gasteiger partial charge in [-0.05, 0) is 53.6 Å². The van der Waals surface area contributed by atoms with Gasteiger partial charge in [0.25, 0.3) is 5.91 Å². The number of hydrogen-bond acceptors (Lipinski definition) is 3. The van der Waals surface area contributed by atoms with Crippen molar-refractivity contribution < 1.29 is 17.6 Å². The van der Waals surface area contributed by atoms with Crippen LogP contribution in [0.5, 0.6) is 0 Å². The van der Waals surface area contributed by atoms with Crippen LogP contribution in [0.25, 0.3) is 0 Å². The molecule has 0 unspecified atom stereocenters. The molecule has 0 atom stereocenters. The second kappa shape index (κ2) is 9.17. The lowest BCUT2D eigenvalue weighted by Gasteiger charge is -2.09. The van der Waals surface area contributed by atoms with E-state index in [-0.39, 0.29) is 17.3 Å². The average molecular weight is 433 g/mol. The van der Waals surface area contributed by atoms with E-state index in [1.807, 2.05) is 18.2 Å². The van der Waals surface area contributed by atoms with Crippen LogP contribution in [0.4, 0.5) is 4.39 Å². The summed E-state index contributed by atoms with van der Waals surface area (Å²) in [5, 5.41) is 3.37. The van der Waals surface area contributed by atoms with Crippen LogP contribution in [-0.4, -0.2) is 14.3 Å². The van der Waals surface area contributed by atoms with Crippen molar-refractivity contribution in [1.29, 1.82) is 0 Å². The number of carbonyl (C=O) groups excluding carboxylic acids is 1. The quantitative estimate of drug-likeness (QED) is 0.594. The number of sulfonamides is 1. The molecule has 0 heterocycles. The molecule has 5 nitrogen and oxygen atoms in total. The van der Waals surface area contributed by atoms with Gasteiger partial charge in [0.15, 0.2) is 0 Å². The predicted molar refractivity (Wildman–Crippen MR) is 109 cm³/mol. The van der Waals surface area contributed by atoms with Crippen molar-refractivity contribution in [3.05, 3.63) is 100 Å². The van der Waals surface area contributed by atoms with Crippen LogP contribution in [0.15, 0.2) is 77.7 Å². The summed E-state index contributed by atoms with van der Waals surface area (Å²) in [6.07, 6.45) is 0.